The van der Waals surface area contributed by atoms with Gasteiger partial charge in [-0.05, 0) is 5.92 Å². The molecule has 2 N–H and O–H groups in total. The molecule has 0 atom stereocenters. The number of hydrogen-bond donors (Lipinski definition) is 2. The first-order chi connectivity index (χ1) is 7.23. The molecule has 16 heavy (non-hydrogen) atoms. The fraction of sp³-hybridized carbons (Fsp3) is 0.833. The minimum atomic E-state index is -0.833. The molecule has 0 unspecified atom stereocenters. The van der Waals surface area contributed by atoms with Crippen LogP contribution in [0.2, 0.25) is 0 Å². The van der Waals surface area contributed by atoms with Crippen LogP contribution in [-0.4, -0.2) is 22.2 Å². The number of aliphatic carboxylic acids is 2. The Balaban J connectivity index is -0.000000179. The Morgan fingerprint density at radius 2 is 1.31 bits per heavy atom. The Bertz CT molecular complexity index is 144. The van der Waals surface area contributed by atoms with E-state index in [1.165, 1.54) is 25.7 Å². The van der Waals surface area contributed by atoms with Crippen molar-refractivity contribution >= 4 is 11.9 Å². The standard InChI is InChI=1S/C8H18.2C2H4O2/c1-4-5-6-7-8(2)3;2*1-2(3)4/h8H,4-7H2,1-3H3;2*1H3,(H,3,4). The molecule has 0 radical (unpaired) electrons. The lowest BCUT2D eigenvalue weighted by atomic mass is 10.1. The summed E-state index contributed by atoms with van der Waals surface area (Å²) in [5.74, 6) is -0.762. The van der Waals surface area contributed by atoms with Crippen molar-refractivity contribution in [3.05, 3.63) is 0 Å². The topological polar surface area (TPSA) is 74.6 Å². The minimum Gasteiger partial charge on any atom is -0.481 e. The molecule has 0 fully saturated rings. The summed E-state index contributed by atoms with van der Waals surface area (Å²) in [6, 6.07) is 0. The van der Waals surface area contributed by atoms with Crippen molar-refractivity contribution in [1.82, 2.24) is 0 Å². The van der Waals surface area contributed by atoms with E-state index in [1.54, 1.807) is 0 Å². The molecule has 4 heteroatoms. The van der Waals surface area contributed by atoms with Crippen LogP contribution in [0.1, 0.15) is 60.3 Å². The van der Waals surface area contributed by atoms with E-state index in [-0.39, 0.29) is 0 Å². The highest BCUT2D eigenvalue weighted by atomic mass is 16.4. The average molecular weight is 234 g/mol. The molecule has 0 aromatic carbocycles. The molecule has 0 rings (SSSR count). The number of unbranched alkanes of at least 4 members (excludes halogenated alkanes) is 2. The first-order valence-corrected chi connectivity index (χ1v) is 5.63. The van der Waals surface area contributed by atoms with Crippen LogP contribution in [0.5, 0.6) is 0 Å². The molecule has 0 aromatic heterocycles. The maximum absolute atomic E-state index is 9.00. The van der Waals surface area contributed by atoms with Crippen molar-refractivity contribution in [2.24, 2.45) is 5.92 Å². The number of hydrogen-bond acceptors (Lipinski definition) is 2. The molecule has 0 aliphatic rings. The zero-order valence-corrected chi connectivity index (χ0v) is 11.1. The summed E-state index contributed by atoms with van der Waals surface area (Å²) >= 11 is 0. The van der Waals surface area contributed by atoms with E-state index in [1.807, 2.05) is 0 Å². The maximum atomic E-state index is 9.00. The summed E-state index contributed by atoms with van der Waals surface area (Å²) in [6.45, 7) is 8.99. The van der Waals surface area contributed by atoms with E-state index in [2.05, 4.69) is 20.8 Å². The maximum Gasteiger partial charge on any atom is 0.300 e. The van der Waals surface area contributed by atoms with Crippen LogP contribution in [0.3, 0.4) is 0 Å². The van der Waals surface area contributed by atoms with Gasteiger partial charge in [0.25, 0.3) is 11.9 Å². The second-order valence-corrected chi connectivity index (χ2v) is 3.93. The zero-order chi connectivity index (χ0) is 13.6. The van der Waals surface area contributed by atoms with Crippen LogP contribution >= 0.6 is 0 Å². The number of rotatable bonds is 4. The Kier molecular flexibility index (Phi) is 20.8. The van der Waals surface area contributed by atoms with Crippen LogP contribution < -0.4 is 0 Å². The van der Waals surface area contributed by atoms with Gasteiger partial charge in [0.05, 0.1) is 0 Å². The van der Waals surface area contributed by atoms with E-state index >= 15 is 0 Å². The molecule has 0 aliphatic heterocycles. The van der Waals surface area contributed by atoms with Gasteiger partial charge in [0, 0.05) is 13.8 Å². The van der Waals surface area contributed by atoms with Crippen molar-refractivity contribution in [1.29, 1.82) is 0 Å². The van der Waals surface area contributed by atoms with Gasteiger partial charge in [-0.25, -0.2) is 0 Å². The molecule has 0 saturated carbocycles. The number of carboxylic acid groups (broad SMARTS) is 2. The summed E-state index contributed by atoms with van der Waals surface area (Å²) in [5, 5.41) is 14.8. The van der Waals surface area contributed by atoms with Gasteiger partial charge < -0.3 is 10.2 Å². The Morgan fingerprint density at radius 3 is 1.50 bits per heavy atom. The van der Waals surface area contributed by atoms with Gasteiger partial charge in [-0.3, -0.25) is 9.59 Å². The van der Waals surface area contributed by atoms with Crippen LogP contribution in [-0.2, 0) is 9.59 Å². The zero-order valence-electron chi connectivity index (χ0n) is 11.1. The molecule has 4 nitrogen and oxygen atoms in total. The van der Waals surface area contributed by atoms with Crippen LogP contribution in [0.15, 0.2) is 0 Å². The van der Waals surface area contributed by atoms with E-state index in [9.17, 15) is 0 Å². The Labute approximate surface area is 98.7 Å². The van der Waals surface area contributed by atoms with Crippen molar-refractivity contribution in [2.75, 3.05) is 0 Å². The third-order valence-corrected chi connectivity index (χ3v) is 1.39. The average Bonchev–Trinajstić information content (AvgIpc) is 2.01. The predicted octanol–water partition coefficient (Wildman–Crippen LogP) is 3.40. The summed E-state index contributed by atoms with van der Waals surface area (Å²) in [5.41, 5.74) is 0. The highest BCUT2D eigenvalue weighted by Crippen LogP contribution is 2.06. The largest absolute Gasteiger partial charge is 0.481 e. The molecule has 0 saturated heterocycles. The normalized spacial score (nSPS) is 8.38. The van der Waals surface area contributed by atoms with Gasteiger partial charge in [0.15, 0.2) is 0 Å². The lowest BCUT2D eigenvalue weighted by Gasteiger charge is -2.00. The number of carboxylic acids is 2. The van der Waals surface area contributed by atoms with Crippen molar-refractivity contribution in [3.63, 3.8) is 0 Å². The third-order valence-electron chi connectivity index (χ3n) is 1.39. The van der Waals surface area contributed by atoms with E-state index in [4.69, 9.17) is 19.8 Å². The molecule has 0 amide bonds. The highest BCUT2D eigenvalue weighted by molar-refractivity contribution is 5.63. The molecule has 0 aliphatic carbocycles. The van der Waals surface area contributed by atoms with Crippen LogP contribution in [0.25, 0.3) is 0 Å². The Hall–Kier alpha value is -1.06. The van der Waals surface area contributed by atoms with Gasteiger partial charge in [-0.15, -0.1) is 0 Å². The molecular weight excluding hydrogens is 208 g/mol. The first kappa shape index (κ1) is 20.4. The molecular formula is C12H26O4. The first-order valence-electron chi connectivity index (χ1n) is 5.63. The van der Waals surface area contributed by atoms with E-state index < -0.39 is 11.9 Å². The SMILES string of the molecule is CC(=O)O.CC(=O)O.CCCCCC(C)C. The third kappa shape index (κ3) is 119. The molecule has 0 bridgehead atoms. The molecule has 0 spiro atoms. The van der Waals surface area contributed by atoms with Crippen LogP contribution in [0, 0.1) is 5.92 Å². The smallest absolute Gasteiger partial charge is 0.300 e. The Morgan fingerprint density at radius 1 is 1.00 bits per heavy atom. The van der Waals surface area contributed by atoms with Crippen LogP contribution in [0.4, 0.5) is 0 Å². The van der Waals surface area contributed by atoms with Gasteiger partial charge in [-0.2, -0.15) is 0 Å². The number of carbonyl (C=O) groups is 2. The van der Waals surface area contributed by atoms with Gasteiger partial charge in [0.1, 0.15) is 0 Å². The fourth-order valence-electron chi connectivity index (χ4n) is 0.803. The second kappa shape index (κ2) is 16.4. The lowest BCUT2D eigenvalue weighted by Crippen LogP contribution is -1.85. The lowest BCUT2D eigenvalue weighted by molar-refractivity contribution is -0.135. The highest BCUT2D eigenvalue weighted by Gasteiger charge is 1.90. The van der Waals surface area contributed by atoms with Crippen molar-refractivity contribution in [3.8, 4) is 0 Å². The monoisotopic (exact) mass is 234 g/mol. The van der Waals surface area contributed by atoms with Gasteiger partial charge in [0.2, 0.25) is 0 Å². The van der Waals surface area contributed by atoms with E-state index in [0.29, 0.717) is 0 Å². The summed E-state index contributed by atoms with van der Waals surface area (Å²) in [6.07, 6.45) is 5.60. The van der Waals surface area contributed by atoms with Gasteiger partial charge in [-0.1, -0.05) is 46.5 Å². The second-order valence-electron chi connectivity index (χ2n) is 3.93. The van der Waals surface area contributed by atoms with E-state index in [0.717, 1.165) is 19.8 Å². The van der Waals surface area contributed by atoms with Gasteiger partial charge >= 0.3 is 0 Å². The summed E-state index contributed by atoms with van der Waals surface area (Å²) < 4.78 is 0. The minimum absolute atomic E-state index is 0.833. The van der Waals surface area contributed by atoms with Crippen molar-refractivity contribution < 1.29 is 19.8 Å². The molecule has 0 heterocycles. The summed E-state index contributed by atoms with van der Waals surface area (Å²) in [7, 11) is 0. The van der Waals surface area contributed by atoms with Crippen molar-refractivity contribution in [2.45, 2.75) is 60.3 Å². The fourth-order valence-corrected chi connectivity index (χ4v) is 0.803. The molecule has 0 aromatic rings. The predicted molar refractivity (Wildman–Crippen MR) is 65.6 cm³/mol. The summed E-state index contributed by atoms with van der Waals surface area (Å²) in [4.78, 5) is 18.0. The quantitative estimate of drug-likeness (QED) is 0.731. The molecule has 98 valence electrons.